The Balaban J connectivity index is 1.93. The van der Waals surface area contributed by atoms with Gasteiger partial charge in [0, 0.05) is 22.9 Å². The molecule has 1 atom stereocenters. The lowest BCUT2D eigenvalue weighted by Crippen LogP contribution is -2.31. The highest BCUT2D eigenvalue weighted by Gasteiger charge is 2.09. The van der Waals surface area contributed by atoms with Crippen LogP contribution in [-0.4, -0.2) is 17.6 Å². The minimum Gasteiger partial charge on any atom is -0.314 e. The fourth-order valence-corrected chi connectivity index (χ4v) is 2.81. The fourth-order valence-electron chi connectivity index (χ4n) is 2.40. The largest absolute Gasteiger partial charge is 0.314 e. The van der Waals surface area contributed by atoms with Crippen LogP contribution in [0.1, 0.15) is 24.5 Å². The predicted octanol–water partition coefficient (Wildman–Crippen LogP) is 4.00. The number of aryl methyl sites for hydroxylation is 1. The highest BCUT2D eigenvalue weighted by atomic mass is 79.9. The van der Waals surface area contributed by atoms with Crippen molar-refractivity contribution in [3.05, 3.63) is 64.4 Å². The van der Waals surface area contributed by atoms with Crippen LogP contribution in [0, 0.1) is 0 Å². The molecular weight excluding hydrogens is 312 g/mol. The summed E-state index contributed by atoms with van der Waals surface area (Å²) in [4.78, 5) is 4.24. The van der Waals surface area contributed by atoms with E-state index >= 15 is 0 Å². The van der Waals surface area contributed by atoms with Crippen LogP contribution < -0.4 is 5.32 Å². The SMILES string of the molecule is CCNC(CCc1ccccc1)Cc1cncc(Br)c1. The number of hydrogen-bond donors (Lipinski definition) is 1. The molecule has 1 heterocycles. The summed E-state index contributed by atoms with van der Waals surface area (Å²) in [7, 11) is 0. The van der Waals surface area contributed by atoms with E-state index in [1.54, 1.807) is 0 Å². The van der Waals surface area contributed by atoms with Gasteiger partial charge in [0.25, 0.3) is 0 Å². The smallest absolute Gasteiger partial charge is 0.0410 e. The fraction of sp³-hybridized carbons (Fsp3) is 0.353. The number of rotatable bonds is 7. The number of nitrogens with zero attached hydrogens (tertiary/aromatic N) is 1. The molecule has 1 N–H and O–H groups in total. The van der Waals surface area contributed by atoms with Gasteiger partial charge in [-0.2, -0.15) is 0 Å². The van der Waals surface area contributed by atoms with E-state index in [1.165, 1.54) is 11.1 Å². The Morgan fingerprint density at radius 2 is 1.95 bits per heavy atom. The summed E-state index contributed by atoms with van der Waals surface area (Å²) in [5.41, 5.74) is 2.68. The summed E-state index contributed by atoms with van der Waals surface area (Å²) in [6.45, 7) is 3.16. The number of aromatic nitrogens is 1. The third-order valence-electron chi connectivity index (χ3n) is 3.36. The zero-order chi connectivity index (χ0) is 14.2. The number of hydrogen-bond acceptors (Lipinski definition) is 2. The first kappa shape index (κ1) is 15.2. The van der Waals surface area contributed by atoms with E-state index in [-0.39, 0.29) is 0 Å². The molecule has 0 aliphatic heterocycles. The van der Waals surface area contributed by atoms with E-state index in [2.05, 4.69) is 69.6 Å². The molecule has 3 heteroatoms. The molecule has 0 aliphatic carbocycles. The molecule has 20 heavy (non-hydrogen) atoms. The molecule has 0 fully saturated rings. The molecule has 0 amide bonds. The number of nitrogens with one attached hydrogen (secondary N) is 1. The molecule has 0 aliphatic rings. The molecule has 0 spiro atoms. The van der Waals surface area contributed by atoms with Gasteiger partial charge in [-0.1, -0.05) is 37.3 Å². The molecule has 0 bridgehead atoms. The Labute approximate surface area is 129 Å². The minimum absolute atomic E-state index is 0.497. The van der Waals surface area contributed by atoms with Crippen molar-refractivity contribution in [2.45, 2.75) is 32.2 Å². The second-order valence-electron chi connectivity index (χ2n) is 4.99. The Kier molecular flexibility index (Phi) is 6.22. The second kappa shape index (κ2) is 8.18. The van der Waals surface area contributed by atoms with Crippen molar-refractivity contribution in [3.8, 4) is 0 Å². The van der Waals surface area contributed by atoms with E-state index < -0.39 is 0 Å². The molecule has 106 valence electrons. The van der Waals surface area contributed by atoms with E-state index in [1.807, 2.05) is 12.4 Å². The monoisotopic (exact) mass is 332 g/mol. The van der Waals surface area contributed by atoms with Gasteiger partial charge < -0.3 is 5.32 Å². The van der Waals surface area contributed by atoms with Crippen molar-refractivity contribution in [1.29, 1.82) is 0 Å². The third-order valence-corrected chi connectivity index (χ3v) is 3.79. The van der Waals surface area contributed by atoms with Gasteiger partial charge in [0.2, 0.25) is 0 Å². The van der Waals surface area contributed by atoms with Crippen LogP contribution in [0.3, 0.4) is 0 Å². The van der Waals surface area contributed by atoms with E-state index in [0.717, 1.165) is 30.3 Å². The number of pyridine rings is 1. The first-order valence-electron chi connectivity index (χ1n) is 7.14. The second-order valence-corrected chi connectivity index (χ2v) is 5.91. The average molecular weight is 333 g/mol. The zero-order valence-corrected chi connectivity index (χ0v) is 13.4. The molecule has 1 aromatic heterocycles. The summed E-state index contributed by atoms with van der Waals surface area (Å²) in [5.74, 6) is 0. The first-order chi connectivity index (χ1) is 9.78. The van der Waals surface area contributed by atoms with Crippen molar-refractivity contribution in [2.24, 2.45) is 0 Å². The highest BCUT2D eigenvalue weighted by Crippen LogP contribution is 2.13. The van der Waals surface area contributed by atoms with Crippen molar-refractivity contribution in [3.63, 3.8) is 0 Å². The molecule has 2 aromatic rings. The molecule has 0 saturated carbocycles. The van der Waals surface area contributed by atoms with Crippen LogP contribution in [-0.2, 0) is 12.8 Å². The van der Waals surface area contributed by atoms with Crippen LogP contribution >= 0.6 is 15.9 Å². The van der Waals surface area contributed by atoms with Crippen molar-refractivity contribution in [1.82, 2.24) is 10.3 Å². The molecule has 0 radical (unpaired) electrons. The van der Waals surface area contributed by atoms with E-state index in [4.69, 9.17) is 0 Å². The number of likely N-dealkylation sites (N-methyl/N-ethyl adjacent to an activating group) is 1. The van der Waals surface area contributed by atoms with Gasteiger partial charge in [-0.05, 0) is 58.9 Å². The van der Waals surface area contributed by atoms with E-state index in [0.29, 0.717) is 6.04 Å². The van der Waals surface area contributed by atoms with Crippen LogP contribution in [0.4, 0.5) is 0 Å². The van der Waals surface area contributed by atoms with Crippen molar-refractivity contribution >= 4 is 15.9 Å². The Hall–Kier alpha value is -1.19. The normalized spacial score (nSPS) is 12.3. The Bertz CT molecular complexity index is 513. The molecular formula is C17H21BrN2. The van der Waals surface area contributed by atoms with Gasteiger partial charge in [0.15, 0.2) is 0 Å². The Morgan fingerprint density at radius 1 is 1.15 bits per heavy atom. The maximum absolute atomic E-state index is 4.24. The van der Waals surface area contributed by atoms with Gasteiger partial charge in [-0.3, -0.25) is 4.98 Å². The summed E-state index contributed by atoms with van der Waals surface area (Å²) in [6.07, 6.45) is 7.06. The molecule has 0 saturated heterocycles. The lowest BCUT2D eigenvalue weighted by molar-refractivity contribution is 0.490. The summed E-state index contributed by atoms with van der Waals surface area (Å²) in [6, 6.07) is 13.3. The maximum atomic E-state index is 4.24. The molecule has 1 unspecified atom stereocenters. The standard InChI is InChI=1S/C17H21BrN2/c1-2-20-17(9-8-14-6-4-3-5-7-14)11-15-10-16(18)13-19-12-15/h3-7,10,12-13,17,20H,2,8-9,11H2,1H3. The summed E-state index contributed by atoms with van der Waals surface area (Å²) in [5, 5.41) is 3.58. The molecule has 2 rings (SSSR count). The molecule has 1 aromatic carbocycles. The average Bonchev–Trinajstić information content (AvgIpc) is 2.46. The Morgan fingerprint density at radius 3 is 2.65 bits per heavy atom. The van der Waals surface area contributed by atoms with Crippen LogP contribution in [0.15, 0.2) is 53.3 Å². The number of halogens is 1. The van der Waals surface area contributed by atoms with Gasteiger partial charge in [0.05, 0.1) is 0 Å². The van der Waals surface area contributed by atoms with Crippen molar-refractivity contribution in [2.75, 3.05) is 6.54 Å². The summed E-state index contributed by atoms with van der Waals surface area (Å²) < 4.78 is 1.05. The van der Waals surface area contributed by atoms with Gasteiger partial charge >= 0.3 is 0 Å². The quantitative estimate of drug-likeness (QED) is 0.828. The lowest BCUT2D eigenvalue weighted by atomic mass is 10.00. The first-order valence-corrected chi connectivity index (χ1v) is 7.94. The lowest BCUT2D eigenvalue weighted by Gasteiger charge is -2.18. The van der Waals surface area contributed by atoms with Crippen LogP contribution in [0.5, 0.6) is 0 Å². The van der Waals surface area contributed by atoms with Crippen LogP contribution in [0.25, 0.3) is 0 Å². The molecule has 2 nitrogen and oxygen atoms in total. The van der Waals surface area contributed by atoms with Crippen molar-refractivity contribution < 1.29 is 0 Å². The van der Waals surface area contributed by atoms with Gasteiger partial charge in [-0.15, -0.1) is 0 Å². The van der Waals surface area contributed by atoms with Gasteiger partial charge in [0.1, 0.15) is 0 Å². The predicted molar refractivity (Wildman–Crippen MR) is 87.9 cm³/mol. The topological polar surface area (TPSA) is 24.9 Å². The minimum atomic E-state index is 0.497. The third kappa shape index (κ3) is 5.06. The number of benzene rings is 1. The van der Waals surface area contributed by atoms with Crippen LogP contribution in [0.2, 0.25) is 0 Å². The van der Waals surface area contributed by atoms with Gasteiger partial charge in [-0.25, -0.2) is 0 Å². The maximum Gasteiger partial charge on any atom is 0.0410 e. The van der Waals surface area contributed by atoms with E-state index in [9.17, 15) is 0 Å². The highest BCUT2D eigenvalue weighted by molar-refractivity contribution is 9.10. The zero-order valence-electron chi connectivity index (χ0n) is 11.8. The summed E-state index contributed by atoms with van der Waals surface area (Å²) >= 11 is 3.48.